The largest absolute Gasteiger partial charge is 0.710 e. The summed E-state index contributed by atoms with van der Waals surface area (Å²) in [5.41, 5.74) is 0.0496. The first-order valence-corrected chi connectivity index (χ1v) is 7.05. The van der Waals surface area contributed by atoms with Crippen molar-refractivity contribution in [3.05, 3.63) is 21.4 Å². The molecule has 0 unspecified atom stereocenters. The number of rotatable bonds is 3. The second-order valence-electron chi connectivity index (χ2n) is 5.24. The number of fused-ring (bicyclic) bond motifs is 1. The SMILES string of the molecule is CCC(C)(C)C(=O)Nc1cc(Br)c2c([n+]1[O-])CCO2. The molecule has 1 aromatic heterocycles. The molecule has 0 spiro atoms. The number of pyridine rings is 1. The maximum absolute atomic E-state index is 12.2. The first-order chi connectivity index (χ1) is 8.86. The normalized spacial score (nSPS) is 13.9. The maximum Gasteiger partial charge on any atom is 0.313 e. The van der Waals surface area contributed by atoms with Crippen molar-refractivity contribution < 1.29 is 14.3 Å². The van der Waals surface area contributed by atoms with Gasteiger partial charge in [0.25, 0.3) is 5.82 Å². The lowest BCUT2D eigenvalue weighted by atomic mass is 9.89. The van der Waals surface area contributed by atoms with Gasteiger partial charge < -0.3 is 9.94 Å². The fraction of sp³-hybridized carbons (Fsp3) is 0.538. The molecule has 0 saturated heterocycles. The molecule has 0 bridgehead atoms. The summed E-state index contributed by atoms with van der Waals surface area (Å²) in [7, 11) is 0. The average molecular weight is 329 g/mol. The highest BCUT2D eigenvalue weighted by Gasteiger charge is 2.32. The molecule has 19 heavy (non-hydrogen) atoms. The molecule has 6 heteroatoms. The van der Waals surface area contributed by atoms with Crippen molar-refractivity contribution >= 4 is 27.7 Å². The van der Waals surface area contributed by atoms with Gasteiger partial charge in [0.05, 0.1) is 16.5 Å². The molecule has 1 aliphatic rings. The van der Waals surface area contributed by atoms with E-state index in [4.69, 9.17) is 4.74 Å². The molecule has 2 heterocycles. The van der Waals surface area contributed by atoms with Gasteiger partial charge in [0.1, 0.15) is 0 Å². The fourth-order valence-corrected chi connectivity index (χ4v) is 2.33. The summed E-state index contributed by atoms with van der Waals surface area (Å²) < 4.78 is 6.82. The zero-order chi connectivity index (χ0) is 14.2. The van der Waals surface area contributed by atoms with Crippen molar-refractivity contribution in [2.75, 3.05) is 11.9 Å². The Morgan fingerprint density at radius 1 is 1.63 bits per heavy atom. The molecule has 1 aromatic rings. The van der Waals surface area contributed by atoms with Crippen LogP contribution in [-0.2, 0) is 11.2 Å². The summed E-state index contributed by atoms with van der Waals surface area (Å²) in [6, 6.07) is 1.58. The lowest BCUT2D eigenvalue weighted by Crippen LogP contribution is -2.39. The predicted octanol–water partition coefficient (Wildman–Crippen LogP) is 2.39. The van der Waals surface area contributed by atoms with Crippen molar-refractivity contribution in [3.8, 4) is 5.75 Å². The van der Waals surface area contributed by atoms with Gasteiger partial charge in [0.2, 0.25) is 0 Å². The number of anilines is 1. The molecule has 2 rings (SSSR count). The maximum atomic E-state index is 12.2. The van der Waals surface area contributed by atoms with Crippen molar-refractivity contribution in [2.45, 2.75) is 33.6 Å². The van der Waals surface area contributed by atoms with Crippen LogP contribution < -0.4 is 14.8 Å². The molecule has 1 amide bonds. The minimum atomic E-state index is -0.505. The first kappa shape index (κ1) is 14.1. The van der Waals surface area contributed by atoms with Crippen LogP contribution in [0.5, 0.6) is 5.75 Å². The van der Waals surface area contributed by atoms with E-state index >= 15 is 0 Å². The van der Waals surface area contributed by atoms with Crippen LogP contribution in [0.25, 0.3) is 0 Å². The molecule has 0 aliphatic carbocycles. The number of hydrogen-bond donors (Lipinski definition) is 1. The van der Waals surface area contributed by atoms with Crippen LogP contribution in [0.2, 0.25) is 0 Å². The molecule has 1 aliphatic heterocycles. The molecule has 0 atom stereocenters. The number of nitrogens with one attached hydrogen (secondary N) is 1. The van der Waals surface area contributed by atoms with Crippen molar-refractivity contribution in [1.29, 1.82) is 0 Å². The average Bonchev–Trinajstić information content (AvgIpc) is 2.85. The summed E-state index contributed by atoms with van der Waals surface area (Å²) in [4.78, 5) is 12.1. The van der Waals surface area contributed by atoms with Gasteiger partial charge in [0.15, 0.2) is 11.4 Å². The summed E-state index contributed by atoms with van der Waals surface area (Å²) in [6.45, 7) is 6.14. The van der Waals surface area contributed by atoms with E-state index < -0.39 is 5.41 Å². The number of aromatic nitrogens is 1. The van der Waals surface area contributed by atoms with Crippen LogP contribution in [0.1, 0.15) is 32.9 Å². The number of halogens is 1. The van der Waals surface area contributed by atoms with Crippen molar-refractivity contribution in [3.63, 3.8) is 0 Å². The monoisotopic (exact) mass is 328 g/mol. The van der Waals surface area contributed by atoms with Gasteiger partial charge in [-0.3, -0.25) is 0 Å². The standard InChI is InChI=1S/C13H17BrN2O3/c1-4-13(2,3)12(17)15-10-7-8(14)11-9(16(10)18)5-6-19-11/h7H,4-6H2,1-3H3,(H,15,17). The number of ether oxygens (including phenoxy) is 1. The molecule has 0 radical (unpaired) electrons. The Morgan fingerprint density at radius 2 is 2.32 bits per heavy atom. The van der Waals surface area contributed by atoms with E-state index in [0.717, 1.165) is 4.73 Å². The van der Waals surface area contributed by atoms with E-state index in [1.807, 2.05) is 20.8 Å². The summed E-state index contributed by atoms with van der Waals surface area (Å²) in [6.07, 6.45) is 1.26. The Kier molecular flexibility index (Phi) is 3.71. The Labute approximate surface area is 120 Å². The van der Waals surface area contributed by atoms with Gasteiger partial charge in [-0.1, -0.05) is 6.92 Å². The topological polar surface area (TPSA) is 65.3 Å². The number of amides is 1. The molecular weight excluding hydrogens is 312 g/mol. The Morgan fingerprint density at radius 3 is 2.95 bits per heavy atom. The smallest absolute Gasteiger partial charge is 0.313 e. The van der Waals surface area contributed by atoms with Crippen molar-refractivity contribution in [2.24, 2.45) is 5.41 Å². The number of hydrogen-bond acceptors (Lipinski definition) is 3. The van der Waals surface area contributed by atoms with Gasteiger partial charge in [-0.25, -0.2) is 14.8 Å². The summed E-state index contributed by atoms with van der Waals surface area (Å²) >= 11 is 3.36. The number of carbonyl (C=O) groups excluding carboxylic acids is 1. The van der Waals surface area contributed by atoms with Crippen LogP contribution in [0.15, 0.2) is 10.5 Å². The molecular formula is C13H17BrN2O3. The third-order valence-corrected chi connectivity index (χ3v) is 4.12. The second kappa shape index (κ2) is 5.00. The summed E-state index contributed by atoms with van der Waals surface area (Å²) in [5.74, 6) is 0.649. The lowest BCUT2D eigenvalue weighted by molar-refractivity contribution is -0.597. The van der Waals surface area contributed by atoms with Crippen LogP contribution in [0.3, 0.4) is 0 Å². The Balaban J connectivity index is 2.32. The Hall–Kier alpha value is -1.30. The number of carbonyl (C=O) groups is 1. The molecule has 5 nitrogen and oxygen atoms in total. The highest BCUT2D eigenvalue weighted by atomic mass is 79.9. The third kappa shape index (κ3) is 2.54. The van der Waals surface area contributed by atoms with Gasteiger partial charge in [0, 0.05) is 12.5 Å². The van der Waals surface area contributed by atoms with E-state index in [9.17, 15) is 10.0 Å². The number of nitrogens with zero attached hydrogens (tertiary/aromatic N) is 1. The van der Waals surface area contributed by atoms with E-state index in [1.54, 1.807) is 6.07 Å². The molecule has 0 aromatic carbocycles. The molecule has 0 saturated carbocycles. The van der Waals surface area contributed by atoms with Crippen LogP contribution in [0.4, 0.5) is 5.82 Å². The minimum Gasteiger partial charge on any atom is -0.710 e. The van der Waals surface area contributed by atoms with E-state index in [2.05, 4.69) is 21.2 Å². The minimum absolute atomic E-state index is 0.162. The van der Waals surface area contributed by atoms with Crippen LogP contribution in [0, 0.1) is 10.6 Å². The fourth-order valence-electron chi connectivity index (χ4n) is 1.77. The van der Waals surface area contributed by atoms with E-state index in [1.165, 1.54) is 0 Å². The van der Waals surface area contributed by atoms with Crippen molar-refractivity contribution in [1.82, 2.24) is 0 Å². The Bertz CT molecular complexity index is 529. The lowest BCUT2D eigenvalue weighted by Gasteiger charge is -2.19. The summed E-state index contributed by atoms with van der Waals surface area (Å²) in [5, 5.41) is 14.9. The van der Waals surface area contributed by atoms with Crippen LogP contribution in [-0.4, -0.2) is 12.5 Å². The van der Waals surface area contributed by atoms with Gasteiger partial charge in [-0.15, -0.1) is 0 Å². The quantitative estimate of drug-likeness (QED) is 0.684. The van der Waals surface area contributed by atoms with Crippen LogP contribution >= 0.6 is 15.9 Å². The highest BCUT2D eigenvalue weighted by Crippen LogP contribution is 2.33. The van der Waals surface area contributed by atoms with Gasteiger partial charge >= 0.3 is 5.91 Å². The predicted molar refractivity (Wildman–Crippen MR) is 75.0 cm³/mol. The van der Waals surface area contributed by atoms with Gasteiger partial charge in [-0.2, -0.15) is 0 Å². The molecule has 104 valence electrons. The van der Waals surface area contributed by atoms with E-state index in [0.29, 0.717) is 35.4 Å². The third-order valence-electron chi connectivity index (χ3n) is 3.53. The highest BCUT2D eigenvalue weighted by molar-refractivity contribution is 9.10. The molecule has 1 N–H and O–H groups in total. The van der Waals surface area contributed by atoms with Gasteiger partial charge in [-0.05, 0) is 36.2 Å². The zero-order valence-corrected chi connectivity index (χ0v) is 12.8. The van der Waals surface area contributed by atoms with E-state index in [-0.39, 0.29) is 11.7 Å². The molecule has 0 fully saturated rings. The zero-order valence-electron chi connectivity index (χ0n) is 11.2. The second-order valence-corrected chi connectivity index (χ2v) is 6.09. The first-order valence-electron chi connectivity index (χ1n) is 6.26.